The molecule has 2 heteroatoms. The molecule has 1 aromatic carbocycles. The zero-order valence-electron chi connectivity index (χ0n) is 8.30. The lowest BCUT2D eigenvalue weighted by Gasteiger charge is -2.17. The Bertz CT molecular complexity index is 276. The monoisotopic (exact) mass is 258 g/mol. The topological polar surface area (TPSA) is 0 Å². The van der Waals surface area contributed by atoms with Gasteiger partial charge in [0.1, 0.15) is 0 Å². The van der Waals surface area contributed by atoms with E-state index in [0.29, 0.717) is 4.75 Å². The molecular formula is C11H15BrS. The van der Waals surface area contributed by atoms with Gasteiger partial charge in [0.05, 0.1) is 0 Å². The first-order valence-electron chi connectivity index (χ1n) is 4.36. The Morgan fingerprint density at radius 1 is 1.31 bits per heavy atom. The molecule has 13 heavy (non-hydrogen) atoms. The summed E-state index contributed by atoms with van der Waals surface area (Å²) in [7, 11) is 0. The van der Waals surface area contributed by atoms with Gasteiger partial charge in [0.2, 0.25) is 0 Å². The fourth-order valence-corrected chi connectivity index (χ4v) is 2.15. The maximum atomic E-state index is 3.47. The number of benzene rings is 1. The lowest BCUT2D eigenvalue weighted by atomic mass is 10.2. The molecule has 0 unspecified atom stereocenters. The Morgan fingerprint density at radius 3 is 2.54 bits per heavy atom. The molecule has 0 aromatic heterocycles. The van der Waals surface area contributed by atoms with Crippen molar-refractivity contribution in [3.63, 3.8) is 0 Å². The van der Waals surface area contributed by atoms with Crippen LogP contribution in [-0.2, 0) is 5.75 Å². The highest BCUT2D eigenvalue weighted by Gasteiger charge is 2.10. The van der Waals surface area contributed by atoms with Crippen LogP contribution < -0.4 is 0 Å². The number of hydrogen-bond acceptors (Lipinski definition) is 1. The SMILES string of the molecule is CC(C)(C)SCc1cccc(Br)c1. The highest BCUT2D eigenvalue weighted by molar-refractivity contribution is 9.10. The summed E-state index contributed by atoms with van der Waals surface area (Å²) < 4.78 is 1.52. The van der Waals surface area contributed by atoms with Crippen LogP contribution in [0.3, 0.4) is 0 Å². The molecule has 72 valence electrons. The Morgan fingerprint density at radius 2 is 2.00 bits per heavy atom. The standard InChI is InChI=1S/C11H15BrS/c1-11(2,3)13-8-9-5-4-6-10(12)7-9/h4-7H,8H2,1-3H3. The quantitative estimate of drug-likeness (QED) is 0.754. The number of halogens is 1. The minimum absolute atomic E-state index is 0.350. The van der Waals surface area contributed by atoms with Gasteiger partial charge in [0.25, 0.3) is 0 Å². The van der Waals surface area contributed by atoms with Crippen LogP contribution in [0.4, 0.5) is 0 Å². The molecule has 0 aliphatic rings. The zero-order valence-corrected chi connectivity index (χ0v) is 10.7. The third-order valence-electron chi connectivity index (χ3n) is 1.56. The second-order valence-electron chi connectivity index (χ2n) is 4.03. The highest BCUT2D eigenvalue weighted by atomic mass is 79.9. The van der Waals surface area contributed by atoms with Crippen molar-refractivity contribution in [2.45, 2.75) is 31.3 Å². The third-order valence-corrected chi connectivity index (χ3v) is 3.40. The van der Waals surface area contributed by atoms with Crippen LogP contribution in [0, 0.1) is 0 Å². The van der Waals surface area contributed by atoms with Gasteiger partial charge in [-0.25, -0.2) is 0 Å². The van der Waals surface area contributed by atoms with Gasteiger partial charge in [-0.1, -0.05) is 48.8 Å². The largest absolute Gasteiger partial charge is 0.151 e. The third kappa shape index (κ3) is 4.72. The number of hydrogen-bond donors (Lipinski definition) is 0. The fourth-order valence-electron chi connectivity index (χ4n) is 0.927. The first kappa shape index (κ1) is 11.1. The van der Waals surface area contributed by atoms with Crippen molar-refractivity contribution < 1.29 is 0 Å². The molecule has 0 amide bonds. The van der Waals surface area contributed by atoms with E-state index in [9.17, 15) is 0 Å². The van der Waals surface area contributed by atoms with Crippen molar-refractivity contribution in [3.05, 3.63) is 34.3 Å². The Balaban J connectivity index is 2.55. The maximum absolute atomic E-state index is 3.47. The summed E-state index contributed by atoms with van der Waals surface area (Å²) >= 11 is 5.45. The molecule has 0 aliphatic carbocycles. The van der Waals surface area contributed by atoms with Gasteiger partial charge in [0, 0.05) is 15.0 Å². The zero-order chi connectivity index (χ0) is 9.90. The van der Waals surface area contributed by atoms with E-state index in [1.165, 1.54) is 10.0 Å². The first-order valence-corrected chi connectivity index (χ1v) is 6.14. The highest BCUT2D eigenvalue weighted by Crippen LogP contribution is 2.27. The molecule has 1 rings (SSSR count). The van der Waals surface area contributed by atoms with E-state index in [2.05, 4.69) is 61.0 Å². The van der Waals surface area contributed by atoms with Crippen LogP contribution in [0.1, 0.15) is 26.3 Å². The molecule has 0 spiro atoms. The predicted molar refractivity (Wildman–Crippen MR) is 65.2 cm³/mol. The average Bonchev–Trinajstić information content (AvgIpc) is 2.00. The molecule has 0 heterocycles. The molecule has 1 aromatic rings. The van der Waals surface area contributed by atoms with Gasteiger partial charge < -0.3 is 0 Å². The summed E-state index contributed by atoms with van der Waals surface area (Å²) in [5, 5.41) is 0. The number of thioether (sulfide) groups is 1. The Labute approximate surface area is 93.2 Å². The minimum Gasteiger partial charge on any atom is -0.151 e. The van der Waals surface area contributed by atoms with Crippen LogP contribution in [-0.4, -0.2) is 4.75 Å². The lowest BCUT2D eigenvalue weighted by molar-refractivity contribution is 0.802. The summed E-state index contributed by atoms with van der Waals surface area (Å²) in [6.45, 7) is 6.74. The molecule has 0 nitrogen and oxygen atoms in total. The Kier molecular flexibility index (Phi) is 3.87. The van der Waals surface area contributed by atoms with Crippen molar-refractivity contribution in [1.82, 2.24) is 0 Å². The molecular weight excluding hydrogens is 244 g/mol. The summed E-state index contributed by atoms with van der Waals surface area (Å²) in [4.78, 5) is 0. The Hall–Kier alpha value is 0.0500. The summed E-state index contributed by atoms with van der Waals surface area (Å²) in [6.07, 6.45) is 0. The van der Waals surface area contributed by atoms with Gasteiger partial charge in [0.15, 0.2) is 0 Å². The summed E-state index contributed by atoms with van der Waals surface area (Å²) in [6, 6.07) is 8.50. The van der Waals surface area contributed by atoms with E-state index < -0.39 is 0 Å². The van der Waals surface area contributed by atoms with Crippen molar-refractivity contribution in [3.8, 4) is 0 Å². The van der Waals surface area contributed by atoms with Gasteiger partial charge in [-0.2, -0.15) is 11.8 Å². The lowest BCUT2D eigenvalue weighted by Crippen LogP contribution is -2.07. The van der Waals surface area contributed by atoms with Crippen LogP contribution in [0.5, 0.6) is 0 Å². The second kappa shape index (κ2) is 4.52. The van der Waals surface area contributed by atoms with E-state index in [4.69, 9.17) is 0 Å². The van der Waals surface area contributed by atoms with Crippen LogP contribution in [0.2, 0.25) is 0 Å². The van der Waals surface area contributed by atoms with E-state index in [0.717, 1.165) is 5.75 Å². The van der Waals surface area contributed by atoms with Crippen molar-refractivity contribution in [2.75, 3.05) is 0 Å². The van der Waals surface area contributed by atoms with Crippen LogP contribution in [0.15, 0.2) is 28.7 Å². The second-order valence-corrected chi connectivity index (χ2v) is 6.75. The molecule has 0 saturated carbocycles. The molecule has 0 fully saturated rings. The molecule has 0 aliphatic heterocycles. The number of rotatable bonds is 2. The van der Waals surface area contributed by atoms with Gasteiger partial charge >= 0.3 is 0 Å². The van der Waals surface area contributed by atoms with Crippen molar-refractivity contribution in [2.24, 2.45) is 0 Å². The fraction of sp³-hybridized carbons (Fsp3) is 0.455. The first-order chi connectivity index (χ1) is 5.97. The molecule has 0 atom stereocenters. The van der Waals surface area contributed by atoms with Gasteiger partial charge in [-0.05, 0) is 17.7 Å². The van der Waals surface area contributed by atoms with Crippen molar-refractivity contribution >= 4 is 27.7 Å². The molecule has 0 bridgehead atoms. The van der Waals surface area contributed by atoms with E-state index in [-0.39, 0.29) is 0 Å². The van der Waals surface area contributed by atoms with Gasteiger partial charge in [-0.15, -0.1) is 0 Å². The summed E-state index contributed by atoms with van der Waals surface area (Å²) in [5.74, 6) is 1.09. The molecule has 0 saturated heterocycles. The van der Waals surface area contributed by atoms with Crippen LogP contribution in [0.25, 0.3) is 0 Å². The molecule has 0 N–H and O–H groups in total. The van der Waals surface area contributed by atoms with Crippen molar-refractivity contribution in [1.29, 1.82) is 0 Å². The van der Waals surface area contributed by atoms with Crippen LogP contribution >= 0.6 is 27.7 Å². The predicted octanol–water partition coefficient (Wildman–Crippen LogP) is 4.48. The van der Waals surface area contributed by atoms with E-state index in [1.54, 1.807) is 0 Å². The summed E-state index contributed by atoms with van der Waals surface area (Å²) in [5.41, 5.74) is 1.38. The average molecular weight is 259 g/mol. The smallest absolute Gasteiger partial charge is 0.0190 e. The molecule has 0 radical (unpaired) electrons. The normalized spacial score (nSPS) is 11.7. The van der Waals surface area contributed by atoms with Gasteiger partial charge in [-0.3, -0.25) is 0 Å². The minimum atomic E-state index is 0.350. The maximum Gasteiger partial charge on any atom is 0.0190 e. The van der Waals surface area contributed by atoms with E-state index in [1.807, 2.05) is 11.8 Å². The van der Waals surface area contributed by atoms with E-state index >= 15 is 0 Å².